The monoisotopic (exact) mass is 987 g/mol. The largest absolute Gasteiger partial charge is 0.494 e. The molecule has 0 amide bonds. The van der Waals surface area contributed by atoms with Crippen molar-refractivity contribution in [3.05, 3.63) is 83.4 Å². The minimum absolute atomic E-state index is 0.0118. The van der Waals surface area contributed by atoms with Crippen molar-refractivity contribution in [2.24, 2.45) is 0 Å². The molecule has 2 heterocycles. The maximum absolute atomic E-state index is 14.1. The van der Waals surface area contributed by atoms with E-state index in [1.807, 2.05) is 0 Å². The lowest BCUT2D eigenvalue weighted by molar-refractivity contribution is -0.163. The number of unbranched alkanes of at least 4 members (excludes halogenated alkanes) is 13. The molecule has 14 nitrogen and oxygen atoms in total. The first-order valence-electron chi connectivity index (χ1n) is 26.2. The summed E-state index contributed by atoms with van der Waals surface area (Å²) in [6, 6.07) is 14.4. The summed E-state index contributed by atoms with van der Waals surface area (Å²) in [4.78, 5) is 51.1. The zero-order valence-corrected chi connectivity index (χ0v) is 42.1. The lowest BCUT2D eigenvalue weighted by atomic mass is 9.90. The van der Waals surface area contributed by atoms with E-state index in [-0.39, 0.29) is 48.0 Å². The molecular formula is C57H78O14. The van der Waals surface area contributed by atoms with E-state index in [4.69, 9.17) is 37.9 Å². The van der Waals surface area contributed by atoms with Gasteiger partial charge in [0, 0.05) is 37.6 Å². The minimum atomic E-state index is -1.19. The van der Waals surface area contributed by atoms with Gasteiger partial charge < -0.3 is 48.1 Å². The summed E-state index contributed by atoms with van der Waals surface area (Å²) in [5.41, 5.74) is 1.70. The molecule has 3 aromatic rings. The van der Waals surface area contributed by atoms with Crippen LogP contribution in [0.5, 0.6) is 11.5 Å². The van der Waals surface area contributed by atoms with Crippen molar-refractivity contribution in [1.29, 1.82) is 0 Å². The Kier molecular flexibility index (Phi) is 26.0. The average Bonchev–Trinajstić information content (AvgIpc) is 3.38. The second-order valence-corrected chi connectivity index (χ2v) is 18.5. The lowest BCUT2D eigenvalue weighted by Gasteiger charge is -2.22. The average molecular weight is 987 g/mol. The fourth-order valence-corrected chi connectivity index (χ4v) is 8.58. The van der Waals surface area contributed by atoms with Gasteiger partial charge in [-0.15, -0.1) is 0 Å². The van der Waals surface area contributed by atoms with Crippen molar-refractivity contribution >= 4 is 23.9 Å². The highest BCUT2D eigenvalue weighted by atomic mass is 16.7. The standard InChI is InChI=1S/C57H78O14/c1-42(2)56(62)70-37-19-11-12-20-38-71-57(63)51-39-43(49-40-44(26-29-47(49)54(58)59)64-31-15-7-3-5-9-17-33-66-52-23-13-21-35-68-52)25-28-46(51)50-41-45(27-30-48(50)55(60)61)65-32-16-8-4-6-10-18-34-67-53-24-14-22-36-69-53/h25-30,39-41,52-53H,1,3-24,31-38H2,2H3,(H,58,59)(H,60,61). The number of carbonyl (C=O) groups excluding carboxylic acids is 2. The van der Waals surface area contributed by atoms with E-state index in [0.29, 0.717) is 79.5 Å². The van der Waals surface area contributed by atoms with Gasteiger partial charge in [-0.3, -0.25) is 0 Å². The van der Waals surface area contributed by atoms with Gasteiger partial charge in [-0.05, 0) is 156 Å². The maximum atomic E-state index is 14.1. The van der Waals surface area contributed by atoms with Crippen molar-refractivity contribution in [2.75, 3.05) is 52.9 Å². The second-order valence-electron chi connectivity index (χ2n) is 18.5. The fraction of sp³-hybridized carbons (Fsp3) is 0.579. The molecule has 0 aliphatic carbocycles. The Balaban J connectivity index is 1.22. The molecule has 2 aliphatic rings. The third-order valence-electron chi connectivity index (χ3n) is 12.6. The number of carboxylic acids is 2. The van der Waals surface area contributed by atoms with Gasteiger partial charge in [0.25, 0.3) is 0 Å². The van der Waals surface area contributed by atoms with Crippen molar-refractivity contribution in [1.82, 2.24) is 0 Å². The molecule has 0 saturated carbocycles. The molecule has 14 heteroatoms. The Hall–Kier alpha value is -5.28. The number of hydrogen-bond acceptors (Lipinski definition) is 12. The Morgan fingerprint density at radius 1 is 0.507 bits per heavy atom. The van der Waals surface area contributed by atoms with Crippen molar-refractivity contribution in [2.45, 2.75) is 161 Å². The van der Waals surface area contributed by atoms with E-state index >= 15 is 0 Å². The molecule has 2 fully saturated rings. The third-order valence-corrected chi connectivity index (χ3v) is 12.6. The number of rotatable bonds is 35. The first-order chi connectivity index (χ1) is 34.6. The highest BCUT2D eigenvalue weighted by Gasteiger charge is 2.23. The zero-order chi connectivity index (χ0) is 50.5. The summed E-state index contributed by atoms with van der Waals surface area (Å²) in [6.45, 7) is 9.41. The van der Waals surface area contributed by atoms with Crippen LogP contribution in [0, 0.1) is 0 Å². The van der Waals surface area contributed by atoms with E-state index in [1.54, 1.807) is 49.4 Å². The Labute approximate surface area is 420 Å². The molecular weight excluding hydrogens is 909 g/mol. The SMILES string of the molecule is C=C(C)C(=O)OCCCCCCOC(=O)c1cc(-c2cc(OCCCCCCCCOC3CCCCO3)ccc2C(=O)O)ccc1-c1cc(OCCCCCCCCOC2CCCCO2)ccc1C(=O)O. The number of benzene rings is 3. The molecule has 390 valence electrons. The van der Waals surface area contributed by atoms with E-state index in [9.17, 15) is 29.4 Å². The lowest BCUT2D eigenvalue weighted by Crippen LogP contribution is -2.22. The van der Waals surface area contributed by atoms with Crippen molar-refractivity contribution in [3.63, 3.8) is 0 Å². The molecule has 71 heavy (non-hydrogen) atoms. The Bertz CT molecular complexity index is 2100. The summed E-state index contributed by atoms with van der Waals surface area (Å²) < 4.78 is 46.2. The first-order valence-corrected chi connectivity index (χ1v) is 26.2. The summed E-state index contributed by atoms with van der Waals surface area (Å²) in [5.74, 6) is -2.52. The molecule has 0 radical (unpaired) electrons. The number of hydrogen-bond donors (Lipinski definition) is 2. The quantitative estimate of drug-likeness (QED) is 0.0322. The van der Waals surface area contributed by atoms with Gasteiger partial charge >= 0.3 is 23.9 Å². The van der Waals surface area contributed by atoms with Crippen LogP contribution in [-0.4, -0.2) is 99.5 Å². The first kappa shape index (κ1) is 56.6. The number of esters is 2. The second kappa shape index (κ2) is 32.6. The molecule has 2 aliphatic heterocycles. The molecule has 3 aromatic carbocycles. The minimum Gasteiger partial charge on any atom is -0.494 e. The van der Waals surface area contributed by atoms with Gasteiger partial charge in [0.1, 0.15) is 11.5 Å². The summed E-state index contributed by atoms with van der Waals surface area (Å²) >= 11 is 0. The van der Waals surface area contributed by atoms with Crippen LogP contribution >= 0.6 is 0 Å². The van der Waals surface area contributed by atoms with Crippen LogP contribution in [0.15, 0.2) is 66.7 Å². The molecule has 0 bridgehead atoms. The highest BCUT2D eigenvalue weighted by molar-refractivity contribution is 6.05. The van der Waals surface area contributed by atoms with Crippen molar-refractivity contribution in [3.8, 4) is 33.8 Å². The summed E-state index contributed by atoms with van der Waals surface area (Å²) in [6.07, 6.45) is 21.1. The molecule has 0 aromatic heterocycles. The van der Waals surface area contributed by atoms with Gasteiger partial charge in [-0.1, -0.05) is 70.1 Å². The van der Waals surface area contributed by atoms with Crippen LogP contribution in [-0.2, 0) is 33.2 Å². The molecule has 2 atom stereocenters. The number of carboxylic acid groups (broad SMARTS) is 2. The van der Waals surface area contributed by atoms with Gasteiger partial charge in [0.15, 0.2) is 12.6 Å². The fourth-order valence-electron chi connectivity index (χ4n) is 8.58. The Morgan fingerprint density at radius 3 is 1.44 bits per heavy atom. The van der Waals surface area contributed by atoms with E-state index < -0.39 is 23.9 Å². The maximum Gasteiger partial charge on any atom is 0.338 e. The van der Waals surface area contributed by atoms with Crippen LogP contribution in [0.2, 0.25) is 0 Å². The van der Waals surface area contributed by atoms with Crippen LogP contribution < -0.4 is 9.47 Å². The van der Waals surface area contributed by atoms with Crippen LogP contribution in [0.4, 0.5) is 0 Å². The molecule has 0 spiro atoms. The van der Waals surface area contributed by atoms with Gasteiger partial charge in [0.2, 0.25) is 0 Å². The highest BCUT2D eigenvalue weighted by Crippen LogP contribution is 2.36. The van der Waals surface area contributed by atoms with Crippen molar-refractivity contribution < 1.29 is 67.3 Å². The molecule has 5 rings (SSSR count). The van der Waals surface area contributed by atoms with E-state index in [0.717, 1.165) is 135 Å². The zero-order valence-electron chi connectivity index (χ0n) is 42.1. The Morgan fingerprint density at radius 2 is 0.958 bits per heavy atom. The van der Waals surface area contributed by atoms with Gasteiger partial charge in [-0.2, -0.15) is 0 Å². The summed E-state index contributed by atoms with van der Waals surface area (Å²) in [7, 11) is 0. The molecule has 2 saturated heterocycles. The van der Waals surface area contributed by atoms with Crippen LogP contribution in [0.1, 0.15) is 179 Å². The predicted molar refractivity (Wildman–Crippen MR) is 271 cm³/mol. The number of ether oxygens (including phenoxy) is 8. The van der Waals surface area contributed by atoms with Crippen LogP contribution in [0.25, 0.3) is 22.3 Å². The topological polar surface area (TPSA) is 183 Å². The van der Waals surface area contributed by atoms with E-state index in [1.165, 1.54) is 12.1 Å². The molecule has 2 unspecified atom stereocenters. The number of carbonyl (C=O) groups is 4. The van der Waals surface area contributed by atoms with E-state index in [2.05, 4.69) is 6.58 Å². The third kappa shape index (κ3) is 20.8. The normalized spacial score (nSPS) is 15.7. The van der Waals surface area contributed by atoms with Gasteiger partial charge in [-0.25, -0.2) is 19.2 Å². The predicted octanol–water partition coefficient (Wildman–Crippen LogP) is 12.8. The number of aromatic carboxylic acids is 2. The molecule has 2 N–H and O–H groups in total. The van der Waals surface area contributed by atoms with Gasteiger partial charge in [0.05, 0.1) is 43.1 Å². The summed E-state index contributed by atoms with van der Waals surface area (Å²) in [5, 5.41) is 20.6. The van der Waals surface area contributed by atoms with Crippen LogP contribution in [0.3, 0.4) is 0 Å². The smallest absolute Gasteiger partial charge is 0.338 e.